The highest BCUT2D eigenvalue weighted by molar-refractivity contribution is 5.21. The van der Waals surface area contributed by atoms with E-state index in [1.54, 1.807) is 0 Å². The molecule has 2 N–H and O–H groups in total. The van der Waals surface area contributed by atoms with Crippen molar-refractivity contribution in [1.29, 1.82) is 0 Å². The van der Waals surface area contributed by atoms with Gasteiger partial charge < -0.3 is 5.73 Å². The molecule has 0 radical (unpaired) electrons. The van der Waals surface area contributed by atoms with Crippen LogP contribution in [0.4, 0.5) is 8.78 Å². The maximum Gasteiger partial charge on any atom is 0.126 e. The molecule has 3 heteroatoms. The topological polar surface area (TPSA) is 26.0 Å². The Bertz CT molecular complexity index is 253. The summed E-state index contributed by atoms with van der Waals surface area (Å²) in [6.45, 7) is 2.22. The Kier molecular flexibility index (Phi) is 2.76. The zero-order chi connectivity index (χ0) is 9.14. The van der Waals surface area contributed by atoms with E-state index >= 15 is 0 Å². The fourth-order valence-corrected chi connectivity index (χ4v) is 0.996. The molecule has 0 amide bonds. The Labute approximate surface area is 70.2 Å². The molecule has 12 heavy (non-hydrogen) atoms. The summed E-state index contributed by atoms with van der Waals surface area (Å²) < 4.78 is 25.3. The van der Waals surface area contributed by atoms with Gasteiger partial charge in [0, 0.05) is 6.07 Å². The number of halogens is 2. The largest absolute Gasteiger partial charge is 0.330 e. The lowest BCUT2D eigenvalue weighted by molar-refractivity contribution is 0.575. The van der Waals surface area contributed by atoms with Crippen LogP contribution in [-0.4, -0.2) is 6.54 Å². The maximum atomic E-state index is 12.6. The standard InChI is InChI=1S/C9H11F2N/c1-6(5-12)7-2-8(10)4-9(11)3-7/h2-4,6H,5,12H2,1H3. The van der Waals surface area contributed by atoms with E-state index in [1.165, 1.54) is 12.1 Å². The molecule has 1 aromatic carbocycles. The van der Waals surface area contributed by atoms with Gasteiger partial charge in [-0.1, -0.05) is 6.92 Å². The van der Waals surface area contributed by atoms with Crippen LogP contribution in [0.5, 0.6) is 0 Å². The lowest BCUT2D eigenvalue weighted by Crippen LogP contribution is -2.09. The molecule has 0 aliphatic rings. The molecule has 0 bridgehead atoms. The molecular formula is C9H11F2N. The third-order valence-corrected chi connectivity index (χ3v) is 1.81. The van der Waals surface area contributed by atoms with Crippen LogP contribution >= 0.6 is 0 Å². The van der Waals surface area contributed by atoms with Crippen LogP contribution < -0.4 is 5.73 Å². The van der Waals surface area contributed by atoms with Crippen LogP contribution in [0, 0.1) is 11.6 Å². The first-order valence-corrected chi connectivity index (χ1v) is 3.79. The second-order valence-electron chi connectivity index (χ2n) is 2.84. The number of nitrogens with two attached hydrogens (primary N) is 1. The Morgan fingerprint density at radius 2 is 1.75 bits per heavy atom. The third-order valence-electron chi connectivity index (χ3n) is 1.81. The van der Waals surface area contributed by atoms with Gasteiger partial charge in [-0.2, -0.15) is 0 Å². The molecule has 0 aliphatic carbocycles. The minimum atomic E-state index is -0.551. The first kappa shape index (κ1) is 9.13. The zero-order valence-electron chi connectivity index (χ0n) is 6.85. The second kappa shape index (κ2) is 3.63. The van der Waals surface area contributed by atoms with Gasteiger partial charge in [-0.25, -0.2) is 8.78 Å². The molecule has 0 heterocycles. The fraction of sp³-hybridized carbons (Fsp3) is 0.333. The molecule has 0 aliphatic heterocycles. The van der Waals surface area contributed by atoms with Crippen LogP contribution in [0.2, 0.25) is 0 Å². The van der Waals surface area contributed by atoms with Gasteiger partial charge in [0.25, 0.3) is 0 Å². The predicted octanol–water partition coefficient (Wildman–Crippen LogP) is 2.03. The van der Waals surface area contributed by atoms with Crippen LogP contribution in [0.3, 0.4) is 0 Å². The molecule has 1 nitrogen and oxygen atoms in total. The molecule has 0 saturated carbocycles. The molecule has 0 spiro atoms. The predicted molar refractivity (Wildman–Crippen MR) is 43.8 cm³/mol. The third kappa shape index (κ3) is 2.01. The van der Waals surface area contributed by atoms with Gasteiger partial charge in [-0.3, -0.25) is 0 Å². The first-order valence-electron chi connectivity index (χ1n) is 3.79. The van der Waals surface area contributed by atoms with Crippen LogP contribution in [-0.2, 0) is 0 Å². The summed E-state index contributed by atoms with van der Waals surface area (Å²) in [5.74, 6) is -1.11. The minimum Gasteiger partial charge on any atom is -0.330 e. The quantitative estimate of drug-likeness (QED) is 0.723. The Morgan fingerprint density at radius 1 is 1.25 bits per heavy atom. The molecule has 0 saturated heterocycles. The first-order chi connectivity index (χ1) is 5.63. The maximum absolute atomic E-state index is 12.6. The van der Waals surface area contributed by atoms with Crippen molar-refractivity contribution in [3.05, 3.63) is 35.4 Å². The summed E-state index contributed by atoms with van der Waals surface area (Å²) in [4.78, 5) is 0. The van der Waals surface area contributed by atoms with Crippen molar-refractivity contribution in [3.63, 3.8) is 0 Å². The minimum absolute atomic E-state index is 0.00444. The van der Waals surface area contributed by atoms with Crippen LogP contribution in [0.15, 0.2) is 18.2 Å². The normalized spacial score (nSPS) is 13.0. The van der Waals surface area contributed by atoms with E-state index in [9.17, 15) is 8.78 Å². The van der Waals surface area contributed by atoms with Gasteiger partial charge in [0.2, 0.25) is 0 Å². The fourth-order valence-electron chi connectivity index (χ4n) is 0.996. The lowest BCUT2D eigenvalue weighted by Gasteiger charge is -2.08. The van der Waals surface area contributed by atoms with Crippen molar-refractivity contribution in [2.24, 2.45) is 5.73 Å². The smallest absolute Gasteiger partial charge is 0.126 e. The van der Waals surface area contributed by atoms with E-state index in [4.69, 9.17) is 5.73 Å². The van der Waals surface area contributed by atoms with Gasteiger partial charge in [0.15, 0.2) is 0 Å². The number of hydrogen-bond donors (Lipinski definition) is 1. The average Bonchev–Trinajstić information content (AvgIpc) is 2.01. The summed E-state index contributed by atoms with van der Waals surface area (Å²) in [5, 5.41) is 0. The van der Waals surface area contributed by atoms with Gasteiger partial charge in [0.1, 0.15) is 11.6 Å². The Balaban J connectivity index is 3.00. The van der Waals surface area contributed by atoms with Gasteiger partial charge in [-0.15, -0.1) is 0 Å². The highest BCUT2D eigenvalue weighted by Crippen LogP contribution is 2.16. The van der Waals surface area contributed by atoms with Gasteiger partial charge in [-0.05, 0) is 30.2 Å². The number of benzene rings is 1. The van der Waals surface area contributed by atoms with E-state index in [-0.39, 0.29) is 5.92 Å². The average molecular weight is 171 g/mol. The van der Waals surface area contributed by atoms with Gasteiger partial charge in [0.05, 0.1) is 0 Å². The summed E-state index contributed by atoms with van der Waals surface area (Å²) in [6, 6.07) is 3.47. The Hall–Kier alpha value is -0.960. The zero-order valence-corrected chi connectivity index (χ0v) is 6.85. The highest BCUT2D eigenvalue weighted by Gasteiger charge is 2.06. The van der Waals surface area contributed by atoms with Crippen LogP contribution in [0.1, 0.15) is 18.4 Å². The van der Waals surface area contributed by atoms with Crippen molar-refractivity contribution in [1.82, 2.24) is 0 Å². The molecular weight excluding hydrogens is 160 g/mol. The molecule has 1 rings (SSSR count). The van der Waals surface area contributed by atoms with E-state index in [0.29, 0.717) is 12.1 Å². The van der Waals surface area contributed by atoms with Crippen molar-refractivity contribution < 1.29 is 8.78 Å². The van der Waals surface area contributed by atoms with Gasteiger partial charge >= 0.3 is 0 Å². The summed E-state index contributed by atoms with van der Waals surface area (Å²) in [6.07, 6.45) is 0. The van der Waals surface area contributed by atoms with Crippen molar-refractivity contribution in [2.75, 3.05) is 6.54 Å². The number of rotatable bonds is 2. The molecule has 1 atom stereocenters. The lowest BCUT2D eigenvalue weighted by atomic mass is 10.0. The number of hydrogen-bond acceptors (Lipinski definition) is 1. The van der Waals surface area contributed by atoms with E-state index in [1.807, 2.05) is 6.92 Å². The van der Waals surface area contributed by atoms with E-state index in [0.717, 1.165) is 6.07 Å². The Morgan fingerprint density at radius 3 is 2.17 bits per heavy atom. The molecule has 0 fully saturated rings. The molecule has 1 aromatic rings. The summed E-state index contributed by atoms with van der Waals surface area (Å²) >= 11 is 0. The monoisotopic (exact) mass is 171 g/mol. The van der Waals surface area contributed by atoms with E-state index < -0.39 is 11.6 Å². The van der Waals surface area contributed by atoms with Crippen molar-refractivity contribution in [2.45, 2.75) is 12.8 Å². The highest BCUT2D eigenvalue weighted by atomic mass is 19.1. The summed E-state index contributed by atoms with van der Waals surface area (Å²) in [5.41, 5.74) is 5.97. The van der Waals surface area contributed by atoms with Crippen LogP contribution in [0.25, 0.3) is 0 Å². The molecule has 1 unspecified atom stereocenters. The molecule has 0 aromatic heterocycles. The van der Waals surface area contributed by atoms with Crippen molar-refractivity contribution in [3.8, 4) is 0 Å². The second-order valence-corrected chi connectivity index (χ2v) is 2.84. The summed E-state index contributed by atoms with van der Waals surface area (Å²) in [7, 11) is 0. The molecule has 66 valence electrons. The van der Waals surface area contributed by atoms with Crippen molar-refractivity contribution >= 4 is 0 Å². The van der Waals surface area contributed by atoms with E-state index in [2.05, 4.69) is 0 Å². The SMILES string of the molecule is CC(CN)c1cc(F)cc(F)c1.